The fraction of sp³-hybridized carbons (Fsp3) is 0.0714. The van der Waals surface area contributed by atoms with Crippen LogP contribution in [0, 0.1) is 10.1 Å². The molecule has 2 amide bonds. The summed E-state index contributed by atoms with van der Waals surface area (Å²) in [5, 5.41) is 15.4. The van der Waals surface area contributed by atoms with Crippen molar-refractivity contribution in [3.8, 4) is 0 Å². The maximum Gasteiger partial charge on any atom is 0.313 e. The number of benzene rings is 1. The van der Waals surface area contributed by atoms with Crippen LogP contribution in [0.3, 0.4) is 0 Å². The summed E-state index contributed by atoms with van der Waals surface area (Å²) in [6, 6.07) is 8.88. The van der Waals surface area contributed by atoms with E-state index in [1.807, 2.05) is 0 Å². The van der Waals surface area contributed by atoms with Gasteiger partial charge in [-0.2, -0.15) is 0 Å². The Balaban J connectivity index is 1.97. The second kappa shape index (κ2) is 7.32. The lowest BCUT2D eigenvalue weighted by Gasteiger charge is -2.06. The van der Waals surface area contributed by atoms with Crippen molar-refractivity contribution >= 4 is 34.8 Å². The van der Waals surface area contributed by atoms with Crippen molar-refractivity contribution < 1.29 is 14.5 Å². The number of carbonyl (C=O) groups is 2. The van der Waals surface area contributed by atoms with E-state index in [-0.39, 0.29) is 22.9 Å². The molecule has 1 aromatic carbocycles. The zero-order valence-corrected chi connectivity index (χ0v) is 12.4. The monoisotopic (exact) mass is 334 g/mol. The smallest absolute Gasteiger partial charge is 0.313 e. The third-order valence-corrected chi connectivity index (χ3v) is 3.08. The highest BCUT2D eigenvalue weighted by atomic mass is 35.5. The van der Waals surface area contributed by atoms with Crippen LogP contribution < -0.4 is 10.6 Å². The topological polar surface area (TPSA) is 114 Å². The highest BCUT2D eigenvalue weighted by molar-refractivity contribution is 6.39. The molecule has 23 heavy (non-hydrogen) atoms. The second-order valence-electron chi connectivity index (χ2n) is 4.38. The Morgan fingerprint density at radius 2 is 2.00 bits per heavy atom. The van der Waals surface area contributed by atoms with Crippen LogP contribution in [-0.2, 0) is 16.1 Å². The van der Waals surface area contributed by atoms with Gasteiger partial charge in [0, 0.05) is 18.0 Å². The lowest BCUT2D eigenvalue weighted by atomic mass is 10.2. The van der Waals surface area contributed by atoms with Crippen molar-refractivity contribution in [1.29, 1.82) is 0 Å². The number of hydrogen-bond acceptors (Lipinski definition) is 5. The first-order valence-corrected chi connectivity index (χ1v) is 6.78. The summed E-state index contributed by atoms with van der Waals surface area (Å²) >= 11 is 5.67. The molecule has 2 rings (SSSR count). The van der Waals surface area contributed by atoms with Crippen LogP contribution in [0.25, 0.3) is 0 Å². The fourth-order valence-corrected chi connectivity index (χ4v) is 1.86. The first-order chi connectivity index (χ1) is 11.0. The molecule has 0 spiro atoms. The van der Waals surface area contributed by atoms with Crippen LogP contribution in [0.15, 0.2) is 42.6 Å². The normalized spacial score (nSPS) is 9.96. The SMILES string of the molecule is O=C(NCc1ccccn1)C(=O)Nc1ccc(Cl)c([N+](=O)[O-])c1. The number of nitro benzene ring substituents is 1. The molecule has 8 nitrogen and oxygen atoms in total. The Morgan fingerprint density at radius 1 is 1.22 bits per heavy atom. The molecular formula is C14H11ClN4O4. The fourth-order valence-electron chi connectivity index (χ4n) is 1.67. The second-order valence-corrected chi connectivity index (χ2v) is 4.79. The predicted molar refractivity (Wildman–Crippen MR) is 82.8 cm³/mol. The van der Waals surface area contributed by atoms with Crippen LogP contribution in [0.1, 0.15) is 5.69 Å². The van der Waals surface area contributed by atoms with E-state index in [1.54, 1.807) is 24.4 Å². The van der Waals surface area contributed by atoms with E-state index in [4.69, 9.17) is 11.6 Å². The van der Waals surface area contributed by atoms with Crippen LogP contribution in [0.2, 0.25) is 5.02 Å². The Morgan fingerprint density at radius 3 is 2.65 bits per heavy atom. The average Bonchev–Trinajstić information content (AvgIpc) is 2.55. The molecular weight excluding hydrogens is 324 g/mol. The van der Waals surface area contributed by atoms with Gasteiger partial charge in [-0.1, -0.05) is 17.7 Å². The van der Waals surface area contributed by atoms with Gasteiger partial charge in [-0.3, -0.25) is 24.7 Å². The van der Waals surface area contributed by atoms with Crippen molar-refractivity contribution in [3.63, 3.8) is 0 Å². The summed E-state index contributed by atoms with van der Waals surface area (Å²) in [6.07, 6.45) is 1.56. The number of carbonyl (C=O) groups excluding carboxylic acids is 2. The number of amides is 2. The molecule has 2 N–H and O–H groups in total. The van der Waals surface area contributed by atoms with Gasteiger partial charge >= 0.3 is 11.8 Å². The van der Waals surface area contributed by atoms with Crippen molar-refractivity contribution in [1.82, 2.24) is 10.3 Å². The molecule has 1 heterocycles. The number of rotatable bonds is 4. The van der Waals surface area contributed by atoms with E-state index >= 15 is 0 Å². The van der Waals surface area contributed by atoms with Gasteiger partial charge in [-0.15, -0.1) is 0 Å². The molecule has 9 heteroatoms. The van der Waals surface area contributed by atoms with E-state index in [0.717, 1.165) is 6.07 Å². The Bertz CT molecular complexity index is 752. The first kappa shape index (κ1) is 16.4. The van der Waals surface area contributed by atoms with Crippen molar-refractivity contribution in [2.24, 2.45) is 0 Å². The summed E-state index contributed by atoms with van der Waals surface area (Å²) in [5.41, 5.74) is 0.327. The number of halogens is 1. The van der Waals surface area contributed by atoms with Gasteiger partial charge in [0.2, 0.25) is 0 Å². The Hall–Kier alpha value is -3.00. The molecule has 0 unspecified atom stereocenters. The molecule has 118 valence electrons. The highest BCUT2D eigenvalue weighted by Gasteiger charge is 2.17. The van der Waals surface area contributed by atoms with E-state index in [2.05, 4.69) is 15.6 Å². The summed E-state index contributed by atoms with van der Waals surface area (Å²) in [7, 11) is 0. The lowest BCUT2D eigenvalue weighted by Crippen LogP contribution is -2.35. The zero-order chi connectivity index (χ0) is 16.8. The summed E-state index contributed by atoms with van der Waals surface area (Å²) in [5.74, 6) is -1.83. The number of aromatic nitrogens is 1. The third-order valence-electron chi connectivity index (χ3n) is 2.76. The van der Waals surface area contributed by atoms with Crippen molar-refractivity contribution in [2.45, 2.75) is 6.54 Å². The molecule has 0 radical (unpaired) electrons. The highest BCUT2D eigenvalue weighted by Crippen LogP contribution is 2.27. The van der Waals surface area contributed by atoms with Gasteiger partial charge in [0.15, 0.2) is 0 Å². The lowest BCUT2D eigenvalue weighted by molar-refractivity contribution is -0.384. The van der Waals surface area contributed by atoms with Gasteiger partial charge in [0.1, 0.15) is 5.02 Å². The van der Waals surface area contributed by atoms with Gasteiger partial charge in [-0.05, 0) is 24.3 Å². The van der Waals surface area contributed by atoms with Gasteiger partial charge in [0.05, 0.1) is 17.2 Å². The van der Waals surface area contributed by atoms with Gasteiger partial charge in [0.25, 0.3) is 5.69 Å². The van der Waals surface area contributed by atoms with E-state index in [9.17, 15) is 19.7 Å². The maximum atomic E-state index is 11.8. The average molecular weight is 335 g/mol. The standard InChI is InChI=1S/C14H11ClN4O4/c15-11-5-4-9(7-12(11)19(22)23)18-14(21)13(20)17-8-10-3-1-2-6-16-10/h1-7H,8H2,(H,17,20)(H,18,21). The number of nitrogens with zero attached hydrogens (tertiary/aromatic N) is 2. The number of anilines is 1. The van der Waals surface area contributed by atoms with E-state index < -0.39 is 16.7 Å². The Labute approximate surface area is 135 Å². The molecule has 2 aromatic rings. The van der Waals surface area contributed by atoms with Crippen LogP contribution in [0.4, 0.5) is 11.4 Å². The molecule has 0 bridgehead atoms. The minimum Gasteiger partial charge on any atom is -0.342 e. The van der Waals surface area contributed by atoms with Crippen molar-refractivity contribution in [2.75, 3.05) is 5.32 Å². The van der Waals surface area contributed by atoms with Crippen LogP contribution in [-0.4, -0.2) is 21.7 Å². The number of nitro groups is 1. The predicted octanol–water partition coefficient (Wildman–Crippen LogP) is 1.90. The summed E-state index contributed by atoms with van der Waals surface area (Å²) < 4.78 is 0. The quantitative estimate of drug-likeness (QED) is 0.503. The van der Waals surface area contributed by atoms with E-state index in [1.165, 1.54) is 12.1 Å². The molecule has 0 aliphatic carbocycles. The molecule has 0 aliphatic heterocycles. The largest absolute Gasteiger partial charge is 0.342 e. The maximum absolute atomic E-state index is 11.8. The van der Waals surface area contributed by atoms with Gasteiger partial charge in [-0.25, -0.2) is 0 Å². The van der Waals surface area contributed by atoms with Crippen molar-refractivity contribution in [3.05, 3.63) is 63.4 Å². The minimum absolute atomic E-state index is 0.0624. The first-order valence-electron chi connectivity index (χ1n) is 6.40. The number of hydrogen-bond donors (Lipinski definition) is 2. The molecule has 0 saturated carbocycles. The number of pyridine rings is 1. The van der Waals surface area contributed by atoms with Crippen LogP contribution in [0.5, 0.6) is 0 Å². The molecule has 0 saturated heterocycles. The third kappa shape index (κ3) is 4.48. The molecule has 0 atom stereocenters. The summed E-state index contributed by atoms with van der Waals surface area (Å²) in [6.45, 7) is 0.0911. The Kier molecular flexibility index (Phi) is 5.21. The summed E-state index contributed by atoms with van der Waals surface area (Å²) in [4.78, 5) is 37.5. The van der Waals surface area contributed by atoms with Gasteiger partial charge < -0.3 is 10.6 Å². The zero-order valence-electron chi connectivity index (χ0n) is 11.7. The molecule has 0 aliphatic rings. The minimum atomic E-state index is -0.947. The van der Waals surface area contributed by atoms with E-state index in [0.29, 0.717) is 5.69 Å². The molecule has 1 aromatic heterocycles. The van der Waals surface area contributed by atoms with Crippen LogP contribution >= 0.6 is 11.6 Å². The molecule has 0 fully saturated rings. The number of nitrogens with one attached hydrogen (secondary N) is 2.